The van der Waals surface area contributed by atoms with Crippen LogP contribution < -0.4 is 4.90 Å². The molecule has 2 heterocycles. The average Bonchev–Trinajstić information content (AvgIpc) is 2.49. The second-order valence-electron chi connectivity index (χ2n) is 2.84. The number of imide groups is 1. The van der Waals surface area contributed by atoms with Crippen LogP contribution in [0, 0.1) is 0 Å². The molecule has 72 valence electrons. The Labute approximate surface area is 84.7 Å². The van der Waals surface area contributed by atoms with Crippen LogP contribution in [0.3, 0.4) is 0 Å². The van der Waals surface area contributed by atoms with Crippen LogP contribution in [0.4, 0.5) is 5.82 Å². The standard InChI is InChI=1S/C8H6ClN3O2/c9-5-1-2-6(11-10-5)12-7(13)3-4-8(12)14/h1-2H,3-4H2. The second kappa shape index (κ2) is 3.34. The SMILES string of the molecule is O=C1CCC(=O)N1c1ccc(Cl)nn1. The lowest BCUT2D eigenvalue weighted by Crippen LogP contribution is -2.29. The van der Waals surface area contributed by atoms with E-state index in [1.54, 1.807) is 0 Å². The van der Waals surface area contributed by atoms with Gasteiger partial charge in [-0.25, -0.2) is 4.90 Å². The first kappa shape index (κ1) is 9.08. The van der Waals surface area contributed by atoms with Gasteiger partial charge in [0, 0.05) is 12.8 Å². The van der Waals surface area contributed by atoms with Crippen molar-refractivity contribution in [3.05, 3.63) is 17.3 Å². The Morgan fingerprint density at radius 3 is 2.29 bits per heavy atom. The number of hydrogen-bond acceptors (Lipinski definition) is 4. The lowest BCUT2D eigenvalue weighted by molar-refractivity contribution is -0.121. The molecule has 1 aromatic heterocycles. The predicted octanol–water partition coefficient (Wildman–Crippen LogP) is 0.783. The number of aromatic nitrogens is 2. The third-order valence-corrected chi connectivity index (χ3v) is 2.10. The molecule has 0 bridgehead atoms. The van der Waals surface area contributed by atoms with Crippen molar-refractivity contribution in [2.24, 2.45) is 0 Å². The van der Waals surface area contributed by atoms with Gasteiger partial charge in [-0.2, -0.15) is 0 Å². The van der Waals surface area contributed by atoms with Crippen LogP contribution in [0.25, 0.3) is 0 Å². The van der Waals surface area contributed by atoms with Crippen molar-refractivity contribution >= 4 is 29.2 Å². The van der Waals surface area contributed by atoms with E-state index < -0.39 is 0 Å². The highest BCUT2D eigenvalue weighted by molar-refractivity contribution is 6.29. The Morgan fingerprint density at radius 1 is 1.14 bits per heavy atom. The van der Waals surface area contributed by atoms with E-state index in [0.717, 1.165) is 4.90 Å². The molecule has 1 fully saturated rings. The zero-order chi connectivity index (χ0) is 10.1. The third-order valence-electron chi connectivity index (χ3n) is 1.90. The topological polar surface area (TPSA) is 63.2 Å². The molecule has 14 heavy (non-hydrogen) atoms. The van der Waals surface area contributed by atoms with Gasteiger partial charge in [0.15, 0.2) is 11.0 Å². The van der Waals surface area contributed by atoms with Gasteiger partial charge in [-0.3, -0.25) is 9.59 Å². The number of carbonyl (C=O) groups excluding carboxylic acids is 2. The maximum Gasteiger partial charge on any atom is 0.235 e. The summed E-state index contributed by atoms with van der Waals surface area (Å²) in [5.41, 5.74) is 0. The molecule has 0 saturated carbocycles. The minimum absolute atomic E-state index is 0.229. The Bertz CT molecular complexity index is 374. The number of hydrogen-bond donors (Lipinski definition) is 0. The van der Waals surface area contributed by atoms with Crippen LogP contribution in [-0.4, -0.2) is 22.0 Å². The summed E-state index contributed by atoms with van der Waals surface area (Å²) in [6.07, 6.45) is 0.478. The predicted molar refractivity (Wildman–Crippen MR) is 48.8 cm³/mol. The van der Waals surface area contributed by atoms with E-state index in [2.05, 4.69) is 10.2 Å². The highest BCUT2D eigenvalue weighted by atomic mass is 35.5. The van der Waals surface area contributed by atoms with E-state index >= 15 is 0 Å². The van der Waals surface area contributed by atoms with E-state index in [-0.39, 0.29) is 35.6 Å². The van der Waals surface area contributed by atoms with Crippen LogP contribution in [0.1, 0.15) is 12.8 Å². The number of anilines is 1. The van der Waals surface area contributed by atoms with Crippen LogP contribution in [0.15, 0.2) is 12.1 Å². The highest BCUT2D eigenvalue weighted by Gasteiger charge is 2.31. The maximum atomic E-state index is 11.3. The molecule has 2 amide bonds. The lowest BCUT2D eigenvalue weighted by atomic mass is 10.4. The molecule has 0 unspecified atom stereocenters. The van der Waals surface area contributed by atoms with Crippen molar-refractivity contribution in [2.75, 3.05) is 4.90 Å². The van der Waals surface area contributed by atoms with Crippen molar-refractivity contribution in [1.82, 2.24) is 10.2 Å². The van der Waals surface area contributed by atoms with E-state index in [9.17, 15) is 9.59 Å². The van der Waals surface area contributed by atoms with Crippen LogP contribution >= 0.6 is 11.6 Å². The van der Waals surface area contributed by atoms with Gasteiger partial charge in [-0.1, -0.05) is 11.6 Å². The van der Waals surface area contributed by atoms with Crippen molar-refractivity contribution < 1.29 is 9.59 Å². The molecule has 0 atom stereocenters. The zero-order valence-corrected chi connectivity index (χ0v) is 7.86. The van der Waals surface area contributed by atoms with Gasteiger partial charge in [-0.15, -0.1) is 10.2 Å². The molecule has 5 nitrogen and oxygen atoms in total. The summed E-state index contributed by atoms with van der Waals surface area (Å²) in [5.74, 6) is -0.250. The number of amides is 2. The van der Waals surface area contributed by atoms with E-state index in [0.29, 0.717) is 0 Å². The molecular weight excluding hydrogens is 206 g/mol. The van der Waals surface area contributed by atoms with E-state index in [1.807, 2.05) is 0 Å². The summed E-state index contributed by atoms with van der Waals surface area (Å²) < 4.78 is 0. The molecule has 0 N–H and O–H groups in total. The second-order valence-corrected chi connectivity index (χ2v) is 3.22. The highest BCUT2D eigenvalue weighted by Crippen LogP contribution is 2.19. The monoisotopic (exact) mass is 211 g/mol. The number of carbonyl (C=O) groups is 2. The van der Waals surface area contributed by atoms with Gasteiger partial charge in [0.1, 0.15) is 0 Å². The van der Waals surface area contributed by atoms with Gasteiger partial charge in [0.2, 0.25) is 11.8 Å². The molecule has 2 rings (SSSR count). The first-order valence-corrected chi connectivity index (χ1v) is 4.41. The molecule has 0 aromatic carbocycles. The Kier molecular flexibility index (Phi) is 2.17. The summed E-state index contributed by atoms with van der Waals surface area (Å²) in [4.78, 5) is 23.6. The van der Waals surface area contributed by atoms with Crippen LogP contribution in [-0.2, 0) is 9.59 Å². The Balaban J connectivity index is 2.34. The Hall–Kier alpha value is -1.49. The normalized spacial score (nSPS) is 16.5. The van der Waals surface area contributed by atoms with E-state index in [1.165, 1.54) is 12.1 Å². The van der Waals surface area contributed by atoms with Crippen molar-refractivity contribution in [2.45, 2.75) is 12.8 Å². The fraction of sp³-hybridized carbons (Fsp3) is 0.250. The lowest BCUT2D eigenvalue weighted by Gasteiger charge is -2.10. The largest absolute Gasteiger partial charge is 0.274 e. The first-order valence-electron chi connectivity index (χ1n) is 4.03. The fourth-order valence-corrected chi connectivity index (χ4v) is 1.36. The van der Waals surface area contributed by atoms with Gasteiger partial charge in [0.05, 0.1) is 0 Å². The minimum Gasteiger partial charge on any atom is -0.274 e. The molecule has 1 aliphatic heterocycles. The zero-order valence-electron chi connectivity index (χ0n) is 7.11. The minimum atomic E-state index is -0.244. The van der Waals surface area contributed by atoms with Gasteiger partial charge < -0.3 is 0 Å². The van der Waals surface area contributed by atoms with E-state index in [4.69, 9.17) is 11.6 Å². The molecule has 0 aliphatic carbocycles. The summed E-state index contributed by atoms with van der Waals surface area (Å²) >= 11 is 5.53. The summed E-state index contributed by atoms with van der Waals surface area (Å²) in [6.45, 7) is 0. The molecule has 1 aliphatic rings. The van der Waals surface area contributed by atoms with Crippen LogP contribution in [0.2, 0.25) is 5.15 Å². The fourth-order valence-electron chi connectivity index (χ4n) is 1.26. The Morgan fingerprint density at radius 2 is 1.79 bits per heavy atom. The van der Waals surface area contributed by atoms with Crippen LogP contribution in [0.5, 0.6) is 0 Å². The summed E-state index contributed by atoms with van der Waals surface area (Å²) in [6, 6.07) is 2.99. The number of halogens is 1. The quantitative estimate of drug-likeness (QED) is 0.644. The molecule has 0 spiro atoms. The molecule has 1 saturated heterocycles. The third kappa shape index (κ3) is 1.46. The molecule has 0 radical (unpaired) electrons. The first-order chi connectivity index (χ1) is 6.68. The number of nitrogens with zero attached hydrogens (tertiary/aromatic N) is 3. The van der Waals surface area contributed by atoms with Gasteiger partial charge in [0.25, 0.3) is 0 Å². The van der Waals surface area contributed by atoms with Gasteiger partial charge in [-0.05, 0) is 12.1 Å². The molecular formula is C8H6ClN3O2. The van der Waals surface area contributed by atoms with Crippen molar-refractivity contribution in [3.63, 3.8) is 0 Å². The van der Waals surface area contributed by atoms with Crippen molar-refractivity contribution in [3.8, 4) is 0 Å². The molecule has 1 aromatic rings. The van der Waals surface area contributed by atoms with Gasteiger partial charge >= 0.3 is 0 Å². The smallest absolute Gasteiger partial charge is 0.235 e. The van der Waals surface area contributed by atoms with Crippen molar-refractivity contribution in [1.29, 1.82) is 0 Å². The average molecular weight is 212 g/mol. The summed E-state index contributed by atoms with van der Waals surface area (Å²) in [7, 11) is 0. The number of rotatable bonds is 1. The molecule has 6 heteroatoms. The summed E-state index contributed by atoms with van der Waals surface area (Å²) in [5, 5.41) is 7.45. The maximum absolute atomic E-state index is 11.3.